The van der Waals surface area contributed by atoms with E-state index in [9.17, 15) is 14.7 Å². The number of carbonyl (C=O) groups excluding carboxylic acids is 2. The van der Waals surface area contributed by atoms with Gasteiger partial charge in [-0.25, -0.2) is 4.79 Å². The summed E-state index contributed by atoms with van der Waals surface area (Å²) in [6.07, 6.45) is 1.41. The summed E-state index contributed by atoms with van der Waals surface area (Å²) in [4.78, 5) is 28.8. The Morgan fingerprint density at radius 2 is 1.91 bits per heavy atom. The number of nitrogens with zero attached hydrogens (tertiary/aromatic N) is 2. The molecule has 0 atom stereocenters. The minimum Gasteiger partial charge on any atom is -0.507 e. The average molecular weight is 501 g/mol. The minimum absolute atomic E-state index is 0.103. The summed E-state index contributed by atoms with van der Waals surface area (Å²) >= 11 is 3.41. The van der Waals surface area contributed by atoms with Gasteiger partial charge >= 0.3 is 6.09 Å². The number of hydrogen-bond acceptors (Lipinski definition) is 6. The molecule has 1 N–H and O–H groups in total. The number of piperazine rings is 1. The molecule has 2 aliphatic rings. The molecule has 4 rings (SSSR count). The van der Waals surface area contributed by atoms with Crippen LogP contribution in [0.5, 0.6) is 11.5 Å². The van der Waals surface area contributed by atoms with Crippen molar-refractivity contribution in [2.24, 2.45) is 0 Å². The van der Waals surface area contributed by atoms with Gasteiger partial charge in [-0.15, -0.1) is 0 Å². The molecule has 1 amide bonds. The number of aromatic hydroxyl groups is 1. The highest BCUT2D eigenvalue weighted by Gasteiger charge is 2.34. The Morgan fingerprint density at radius 1 is 1.22 bits per heavy atom. The van der Waals surface area contributed by atoms with Gasteiger partial charge < -0.3 is 19.5 Å². The number of hydrogen-bond donors (Lipinski definition) is 1. The molecule has 1 saturated heterocycles. The fraction of sp³-hybridized carbons (Fsp3) is 0.333. The molecule has 32 heavy (non-hydrogen) atoms. The highest BCUT2D eigenvalue weighted by Crippen LogP contribution is 2.42. The Balaban J connectivity index is 1.55. The Bertz CT molecular complexity index is 1070. The number of fused-ring (bicyclic) bond motifs is 1. The van der Waals surface area contributed by atoms with Crippen LogP contribution in [0.15, 0.2) is 40.6 Å². The summed E-state index contributed by atoms with van der Waals surface area (Å²) in [5.41, 5.74) is 2.61. The molecule has 168 valence electrons. The van der Waals surface area contributed by atoms with Gasteiger partial charge in [0.05, 0.1) is 17.7 Å². The normalized spacial score (nSPS) is 17.4. The molecule has 0 aliphatic carbocycles. The lowest BCUT2D eigenvalue weighted by molar-refractivity contribution is 0.0774. The average Bonchev–Trinajstić information content (AvgIpc) is 3.09. The van der Waals surface area contributed by atoms with Gasteiger partial charge in [0.15, 0.2) is 5.76 Å². The molecule has 2 aliphatic heterocycles. The molecule has 0 aromatic heterocycles. The molecule has 1 fully saturated rings. The lowest BCUT2D eigenvalue weighted by Crippen LogP contribution is -2.48. The number of Topliss-reactive ketones (excluding diaryl/α,β-unsaturated/α-hetero) is 1. The van der Waals surface area contributed by atoms with Crippen molar-refractivity contribution in [2.45, 2.75) is 20.4 Å². The Hall–Kier alpha value is -2.84. The standard InChI is InChI=1S/C24H25BrN2O5/c1-3-31-24(30)27-10-8-26(9-11-27)14-18-19(28)12-15(2)21-22(29)20(32-23(18)21)13-16-4-6-17(25)7-5-16/h4-7,12-13,28H,3,8-11,14H2,1-2H3/b20-13-. The van der Waals surface area contributed by atoms with Crippen molar-refractivity contribution in [1.82, 2.24) is 9.80 Å². The van der Waals surface area contributed by atoms with Crippen molar-refractivity contribution in [1.29, 1.82) is 0 Å². The number of aryl methyl sites for hydroxylation is 1. The Morgan fingerprint density at radius 3 is 2.56 bits per heavy atom. The van der Waals surface area contributed by atoms with Crippen LogP contribution in [-0.2, 0) is 11.3 Å². The maximum Gasteiger partial charge on any atom is 0.409 e. The summed E-state index contributed by atoms with van der Waals surface area (Å²) in [6, 6.07) is 9.21. The summed E-state index contributed by atoms with van der Waals surface area (Å²) in [7, 11) is 0. The third-order valence-corrected chi connectivity index (χ3v) is 6.20. The molecule has 2 aromatic rings. The van der Waals surface area contributed by atoms with Crippen LogP contribution in [-0.4, -0.2) is 59.6 Å². The number of ether oxygens (including phenoxy) is 2. The second-order valence-electron chi connectivity index (χ2n) is 7.85. The molecular formula is C24H25BrN2O5. The quantitative estimate of drug-likeness (QED) is 0.628. The number of ketones is 1. The van der Waals surface area contributed by atoms with Gasteiger partial charge in [-0.3, -0.25) is 9.69 Å². The predicted octanol–water partition coefficient (Wildman–Crippen LogP) is 4.35. The minimum atomic E-state index is -0.303. The van der Waals surface area contributed by atoms with Gasteiger partial charge in [-0.1, -0.05) is 28.1 Å². The molecule has 8 heteroatoms. The number of allylic oxidation sites excluding steroid dienone is 1. The third-order valence-electron chi connectivity index (χ3n) is 5.67. The van der Waals surface area contributed by atoms with E-state index in [0.29, 0.717) is 61.8 Å². The van der Waals surface area contributed by atoms with Gasteiger partial charge in [0.25, 0.3) is 0 Å². The van der Waals surface area contributed by atoms with E-state index >= 15 is 0 Å². The molecular weight excluding hydrogens is 476 g/mol. The van der Waals surface area contributed by atoms with E-state index in [2.05, 4.69) is 20.8 Å². The number of phenols is 1. The van der Waals surface area contributed by atoms with E-state index in [4.69, 9.17) is 9.47 Å². The first-order valence-corrected chi connectivity index (χ1v) is 11.4. The topological polar surface area (TPSA) is 79.3 Å². The molecule has 0 unspecified atom stereocenters. The molecule has 0 saturated carbocycles. The van der Waals surface area contributed by atoms with E-state index in [1.54, 1.807) is 30.9 Å². The maximum absolute atomic E-state index is 13.1. The first kappa shape index (κ1) is 22.4. The van der Waals surface area contributed by atoms with E-state index in [0.717, 1.165) is 10.0 Å². The molecule has 2 aromatic carbocycles. The van der Waals surface area contributed by atoms with E-state index in [1.165, 1.54) is 0 Å². The lowest BCUT2D eigenvalue weighted by atomic mass is 9.99. The summed E-state index contributed by atoms with van der Waals surface area (Å²) in [5, 5.41) is 10.7. The zero-order valence-corrected chi connectivity index (χ0v) is 19.6. The van der Waals surface area contributed by atoms with Crippen molar-refractivity contribution in [3.63, 3.8) is 0 Å². The van der Waals surface area contributed by atoms with Gasteiger partial charge in [0, 0.05) is 37.2 Å². The van der Waals surface area contributed by atoms with Crippen LogP contribution in [0.3, 0.4) is 0 Å². The first-order chi connectivity index (χ1) is 15.4. The SMILES string of the molecule is CCOC(=O)N1CCN(Cc2c(O)cc(C)c3c2O/C(=C\c2ccc(Br)cc2)C3=O)CC1. The van der Waals surface area contributed by atoms with Crippen LogP contribution in [0.1, 0.15) is 34.0 Å². The summed E-state index contributed by atoms with van der Waals surface area (Å²) in [6.45, 7) is 6.71. The van der Waals surface area contributed by atoms with Crippen molar-refractivity contribution in [3.8, 4) is 11.5 Å². The highest BCUT2D eigenvalue weighted by molar-refractivity contribution is 9.10. The molecule has 0 radical (unpaired) electrons. The molecule has 0 spiro atoms. The van der Waals surface area contributed by atoms with Crippen LogP contribution in [0.25, 0.3) is 6.08 Å². The number of benzene rings is 2. The monoisotopic (exact) mass is 500 g/mol. The van der Waals surface area contributed by atoms with Crippen LogP contribution in [0.4, 0.5) is 4.79 Å². The van der Waals surface area contributed by atoms with Gasteiger partial charge in [0.1, 0.15) is 11.5 Å². The summed E-state index contributed by atoms with van der Waals surface area (Å²) in [5.74, 6) is 0.577. The van der Waals surface area contributed by atoms with Gasteiger partial charge in [-0.2, -0.15) is 0 Å². The number of amides is 1. The zero-order chi connectivity index (χ0) is 22.8. The van der Waals surface area contributed by atoms with Crippen LogP contribution >= 0.6 is 15.9 Å². The lowest BCUT2D eigenvalue weighted by Gasteiger charge is -2.34. The Kier molecular flexibility index (Phi) is 6.53. The molecule has 2 heterocycles. The van der Waals surface area contributed by atoms with Crippen molar-refractivity contribution in [2.75, 3.05) is 32.8 Å². The van der Waals surface area contributed by atoms with E-state index < -0.39 is 0 Å². The maximum atomic E-state index is 13.1. The van der Waals surface area contributed by atoms with Crippen LogP contribution < -0.4 is 4.74 Å². The number of rotatable bonds is 4. The highest BCUT2D eigenvalue weighted by atomic mass is 79.9. The third kappa shape index (κ3) is 4.52. The predicted molar refractivity (Wildman–Crippen MR) is 124 cm³/mol. The van der Waals surface area contributed by atoms with E-state index in [-0.39, 0.29) is 23.4 Å². The molecule has 7 nitrogen and oxygen atoms in total. The van der Waals surface area contributed by atoms with Crippen molar-refractivity contribution >= 4 is 33.9 Å². The van der Waals surface area contributed by atoms with E-state index in [1.807, 2.05) is 24.3 Å². The van der Waals surface area contributed by atoms with Crippen molar-refractivity contribution < 1.29 is 24.2 Å². The fourth-order valence-electron chi connectivity index (χ4n) is 3.97. The van der Waals surface area contributed by atoms with Gasteiger partial charge in [-0.05, 0) is 49.2 Å². The van der Waals surface area contributed by atoms with Crippen LogP contribution in [0.2, 0.25) is 0 Å². The fourth-order valence-corrected chi connectivity index (χ4v) is 4.23. The summed E-state index contributed by atoms with van der Waals surface area (Å²) < 4.78 is 12.0. The number of phenolic OH excluding ortho intramolecular Hbond substituents is 1. The second-order valence-corrected chi connectivity index (χ2v) is 8.76. The molecule has 0 bridgehead atoms. The Labute approximate surface area is 195 Å². The zero-order valence-electron chi connectivity index (χ0n) is 18.1. The van der Waals surface area contributed by atoms with Crippen molar-refractivity contribution in [3.05, 3.63) is 62.8 Å². The number of carbonyl (C=O) groups is 2. The van der Waals surface area contributed by atoms with Crippen LogP contribution in [0, 0.1) is 6.92 Å². The largest absolute Gasteiger partial charge is 0.507 e. The smallest absolute Gasteiger partial charge is 0.409 e. The van der Waals surface area contributed by atoms with Gasteiger partial charge in [0.2, 0.25) is 5.78 Å². The first-order valence-electron chi connectivity index (χ1n) is 10.6. The number of halogens is 1. The second kappa shape index (κ2) is 9.34.